The zero-order valence-corrected chi connectivity index (χ0v) is 10.7. The second kappa shape index (κ2) is 4.64. The van der Waals surface area contributed by atoms with Crippen molar-refractivity contribution in [3.05, 3.63) is 0 Å². The van der Waals surface area contributed by atoms with Gasteiger partial charge < -0.3 is 11.1 Å². The Morgan fingerprint density at radius 3 is 2.94 bits per heavy atom. The fourth-order valence-electron chi connectivity index (χ4n) is 2.89. The molecule has 2 aliphatic rings. The molecule has 0 bridgehead atoms. The number of aliphatic imine (C=N–C) groups is 1. The van der Waals surface area contributed by atoms with Gasteiger partial charge in [0, 0.05) is 19.0 Å². The summed E-state index contributed by atoms with van der Waals surface area (Å²) < 4.78 is 0. The molecule has 2 heterocycles. The van der Waals surface area contributed by atoms with Gasteiger partial charge in [0.15, 0.2) is 5.96 Å². The summed E-state index contributed by atoms with van der Waals surface area (Å²) in [6.45, 7) is 4.20. The van der Waals surface area contributed by atoms with Gasteiger partial charge in [0.05, 0.1) is 12.5 Å². The molecule has 3 N–H and O–H groups in total. The molecule has 2 atom stereocenters. The lowest BCUT2D eigenvalue weighted by Gasteiger charge is -2.43. The molecule has 1 unspecified atom stereocenters. The SMILES string of the molecule is CCC1([C@@H]2CC(=O)N(C)C(N)=N2)CCCNC1. The number of nitrogens with one attached hydrogen (secondary N) is 1. The van der Waals surface area contributed by atoms with E-state index in [0.717, 1.165) is 32.4 Å². The predicted molar refractivity (Wildman–Crippen MR) is 67.6 cm³/mol. The number of hydrogen-bond acceptors (Lipinski definition) is 4. The van der Waals surface area contributed by atoms with Crippen LogP contribution in [0.15, 0.2) is 4.99 Å². The molecule has 96 valence electrons. The molecule has 1 fully saturated rings. The summed E-state index contributed by atoms with van der Waals surface area (Å²) in [6, 6.07) is 0.0454. The van der Waals surface area contributed by atoms with Gasteiger partial charge in [0.2, 0.25) is 5.91 Å². The molecule has 0 spiro atoms. The Labute approximate surface area is 102 Å². The number of nitrogens with two attached hydrogens (primary N) is 1. The summed E-state index contributed by atoms with van der Waals surface area (Å²) in [5, 5.41) is 3.43. The van der Waals surface area contributed by atoms with E-state index in [2.05, 4.69) is 17.2 Å². The van der Waals surface area contributed by atoms with E-state index >= 15 is 0 Å². The largest absolute Gasteiger partial charge is 0.369 e. The lowest BCUT2D eigenvalue weighted by Crippen LogP contribution is -2.53. The molecule has 5 heteroatoms. The van der Waals surface area contributed by atoms with Gasteiger partial charge in [-0.1, -0.05) is 6.92 Å². The lowest BCUT2D eigenvalue weighted by molar-refractivity contribution is -0.128. The van der Waals surface area contributed by atoms with Crippen LogP contribution >= 0.6 is 0 Å². The van der Waals surface area contributed by atoms with E-state index in [1.165, 1.54) is 4.90 Å². The summed E-state index contributed by atoms with van der Waals surface area (Å²) in [5.74, 6) is 0.450. The highest BCUT2D eigenvalue weighted by Crippen LogP contribution is 2.38. The summed E-state index contributed by atoms with van der Waals surface area (Å²) in [4.78, 5) is 17.9. The van der Waals surface area contributed by atoms with Crippen molar-refractivity contribution in [3.63, 3.8) is 0 Å². The minimum absolute atomic E-state index is 0.0454. The van der Waals surface area contributed by atoms with Gasteiger partial charge in [-0.15, -0.1) is 0 Å². The topological polar surface area (TPSA) is 70.7 Å². The molecule has 0 aromatic rings. The van der Waals surface area contributed by atoms with Crippen molar-refractivity contribution in [2.24, 2.45) is 16.1 Å². The minimum Gasteiger partial charge on any atom is -0.369 e. The van der Waals surface area contributed by atoms with Crippen LogP contribution in [-0.2, 0) is 4.79 Å². The number of amides is 1. The van der Waals surface area contributed by atoms with Crippen molar-refractivity contribution in [3.8, 4) is 0 Å². The van der Waals surface area contributed by atoms with Crippen LogP contribution in [0.3, 0.4) is 0 Å². The number of carbonyl (C=O) groups excluding carboxylic acids is 1. The molecule has 2 aliphatic heterocycles. The van der Waals surface area contributed by atoms with Gasteiger partial charge in [-0.3, -0.25) is 9.69 Å². The summed E-state index contributed by atoms with van der Waals surface area (Å²) in [5.41, 5.74) is 5.92. The number of carbonyl (C=O) groups is 1. The molecule has 0 saturated carbocycles. The Balaban J connectivity index is 2.23. The van der Waals surface area contributed by atoms with E-state index in [0.29, 0.717) is 12.4 Å². The molecular formula is C12H22N4O. The highest BCUT2D eigenvalue weighted by molar-refractivity contribution is 5.98. The van der Waals surface area contributed by atoms with Crippen LogP contribution in [-0.4, -0.2) is 42.9 Å². The number of nitrogens with zero attached hydrogens (tertiary/aromatic N) is 2. The van der Waals surface area contributed by atoms with E-state index in [4.69, 9.17) is 5.73 Å². The first-order valence-electron chi connectivity index (χ1n) is 6.39. The second-order valence-corrected chi connectivity index (χ2v) is 5.16. The van der Waals surface area contributed by atoms with Gasteiger partial charge in [-0.25, -0.2) is 4.99 Å². The molecule has 1 amide bonds. The molecule has 0 aromatic carbocycles. The van der Waals surface area contributed by atoms with Crippen molar-refractivity contribution in [1.82, 2.24) is 10.2 Å². The van der Waals surface area contributed by atoms with Gasteiger partial charge in [0.25, 0.3) is 0 Å². The molecule has 0 aromatic heterocycles. The average Bonchev–Trinajstić information content (AvgIpc) is 2.36. The highest BCUT2D eigenvalue weighted by Gasteiger charge is 2.42. The summed E-state index contributed by atoms with van der Waals surface area (Å²) >= 11 is 0. The van der Waals surface area contributed by atoms with Gasteiger partial charge in [-0.2, -0.15) is 0 Å². The van der Waals surface area contributed by atoms with Crippen molar-refractivity contribution in [2.75, 3.05) is 20.1 Å². The van der Waals surface area contributed by atoms with Gasteiger partial charge in [0.1, 0.15) is 0 Å². The zero-order valence-electron chi connectivity index (χ0n) is 10.7. The second-order valence-electron chi connectivity index (χ2n) is 5.16. The molecule has 5 nitrogen and oxygen atoms in total. The highest BCUT2D eigenvalue weighted by atomic mass is 16.2. The third-order valence-corrected chi connectivity index (χ3v) is 4.29. The Morgan fingerprint density at radius 1 is 1.65 bits per heavy atom. The average molecular weight is 238 g/mol. The quantitative estimate of drug-likeness (QED) is 0.727. The Kier molecular flexibility index (Phi) is 3.38. The molecule has 1 saturated heterocycles. The third kappa shape index (κ3) is 2.16. The van der Waals surface area contributed by atoms with E-state index in [9.17, 15) is 4.79 Å². The Morgan fingerprint density at radius 2 is 2.41 bits per heavy atom. The maximum absolute atomic E-state index is 11.9. The summed E-state index contributed by atoms with van der Waals surface area (Å²) in [6.07, 6.45) is 3.82. The number of piperidine rings is 1. The first kappa shape index (κ1) is 12.4. The molecule has 0 radical (unpaired) electrons. The number of hydrogen-bond donors (Lipinski definition) is 2. The first-order valence-corrected chi connectivity index (χ1v) is 6.39. The van der Waals surface area contributed by atoms with Crippen molar-refractivity contribution < 1.29 is 4.79 Å². The van der Waals surface area contributed by atoms with E-state index in [1.54, 1.807) is 7.05 Å². The number of guanidine groups is 1. The molecule has 17 heavy (non-hydrogen) atoms. The van der Waals surface area contributed by atoms with Crippen LogP contribution < -0.4 is 11.1 Å². The molecular weight excluding hydrogens is 216 g/mol. The Hall–Kier alpha value is -1.10. The predicted octanol–water partition coefficient (Wildman–Crippen LogP) is 0.312. The van der Waals surface area contributed by atoms with Crippen LogP contribution in [0.25, 0.3) is 0 Å². The zero-order chi connectivity index (χ0) is 12.5. The number of rotatable bonds is 2. The van der Waals surface area contributed by atoms with Crippen LogP contribution in [0.2, 0.25) is 0 Å². The fourth-order valence-corrected chi connectivity index (χ4v) is 2.89. The van der Waals surface area contributed by atoms with E-state index < -0.39 is 0 Å². The van der Waals surface area contributed by atoms with Crippen molar-refractivity contribution >= 4 is 11.9 Å². The van der Waals surface area contributed by atoms with Crippen molar-refractivity contribution in [1.29, 1.82) is 0 Å². The van der Waals surface area contributed by atoms with Crippen molar-refractivity contribution in [2.45, 2.75) is 38.6 Å². The van der Waals surface area contributed by atoms with Crippen LogP contribution in [0, 0.1) is 5.41 Å². The van der Waals surface area contributed by atoms with Crippen LogP contribution in [0.4, 0.5) is 0 Å². The maximum atomic E-state index is 11.9. The lowest BCUT2D eigenvalue weighted by atomic mass is 9.71. The molecule has 2 rings (SSSR count). The van der Waals surface area contributed by atoms with Gasteiger partial charge in [-0.05, 0) is 25.8 Å². The standard InChI is InChI=1S/C12H22N4O/c1-3-12(5-4-6-14-8-12)9-7-10(17)16(2)11(13)15-9/h9,14H,3-8H2,1-2H3,(H2,13,15)/t9-,12?/m0/s1. The monoisotopic (exact) mass is 238 g/mol. The maximum Gasteiger partial charge on any atom is 0.231 e. The van der Waals surface area contributed by atoms with Crippen LogP contribution in [0.5, 0.6) is 0 Å². The van der Waals surface area contributed by atoms with Crippen LogP contribution in [0.1, 0.15) is 32.6 Å². The smallest absolute Gasteiger partial charge is 0.231 e. The van der Waals surface area contributed by atoms with Gasteiger partial charge >= 0.3 is 0 Å². The van der Waals surface area contributed by atoms with E-state index in [-0.39, 0.29) is 17.4 Å². The Bertz CT molecular complexity index is 333. The summed E-state index contributed by atoms with van der Waals surface area (Å²) in [7, 11) is 1.69. The molecule has 0 aliphatic carbocycles. The minimum atomic E-state index is 0.0454. The van der Waals surface area contributed by atoms with E-state index in [1.807, 2.05) is 0 Å². The normalized spacial score (nSPS) is 34.7. The third-order valence-electron chi connectivity index (χ3n) is 4.29. The fraction of sp³-hybridized carbons (Fsp3) is 0.833. The first-order chi connectivity index (χ1) is 8.09.